The molecule has 0 atom stereocenters. The number of pyridine rings is 1. The Morgan fingerprint density at radius 1 is 1.06 bits per heavy atom. The fourth-order valence-corrected chi connectivity index (χ4v) is 3.41. The first-order valence-electron chi connectivity index (χ1n) is 10.2. The first-order chi connectivity index (χ1) is 16.0. The largest absolute Gasteiger partial charge is 0.488 e. The molecule has 0 fully saturated rings. The molecule has 2 N–H and O–H groups in total. The van der Waals surface area contributed by atoms with Gasteiger partial charge in [0.25, 0.3) is 0 Å². The van der Waals surface area contributed by atoms with Gasteiger partial charge in [0, 0.05) is 11.1 Å². The smallest absolute Gasteiger partial charge is 0.195 e. The quantitative estimate of drug-likeness (QED) is 0.405. The molecule has 0 saturated carbocycles. The molecule has 0 amide bonds. The number of carbonyl (C=O) groups is 1. The van der Waals surface area contributed by atoms with Crippen molar-refractivity contribution in [3.63, 3.8) is 0 Å². The number of carbonyl (C=O) groups excluding carboxylic acids is 1. The number of aryl methyl sites for hydroxylation is 1. The van der Waals surface area contributed by atoms with E-state index in [1.807, 2.05) is 36.4 Å². The summed E-state index contributed by atoms with van der Waals surface area (Å²) >= 11 is 0. The first kappa shape index (κ1) is 21.7. The highest BCUT2D eigenvalue weighted by atomic mass is 19.1. The minimum absolute atomic E-state index is 0.0168. The number of hydrogen-bond donors (Lipinski definition) is 1. The second-order valence-corrected chi connectivity index (χ2v) is 7.54. The van der Waals surface area contributed by atoms with Crippen molar-refractivity contribution in [1.82, 2.24) is 4.98 Å². The van der Waals surface area contributed by atoms with Crippen LogP contribution in [0.15, 0.2) is 78.9 Å². The van der Waals surface area contributed by atoms with Gasteiger partial charge in [-0.05, 0) is 60.5 Å². The zero-order valence-corrected chi connectivity index (χ0v) is 17.9. The number of nitrogens with zero attached hydrogens (tertiary/aromatic N) is 2. The molecule has 4 rings (SSSR count). The van der Waals surface area contributed by atoms with Crippen LogP contribution in [0.3, 0.4) is 0 Å². The predicted octanol–water partition coefficient (Wildman–Crippen LogP) is 5.46. The van der Waals surface area contributed by atoms with Gasteiger partial charge >= 0.3 is 0 Å². The highest BCUT2D eigenvalue weighted by molar-refractivity contribution is 6.10. The number of nitrogen functional groups attached to an aromatic ring is 1. The zero-order valence-electron chi connectivity index (χ0n) is 17.9. The monoisotopic (exact) mass is 437 g/mol. The molecule has 1 heterocycles. The van der Waals surface area contributed by atoms with Gasteiger partial charge in [-0.25, -0.2) is 9.37 Å². The van der Waals surface area contributed by atoms with Crippen LogP contribution in [-0.4, -0.2) is 10.8 Å². The Kier molecular flexibility index (Phi) is 6.14. The summed E-state index contributed by atoms with van der Waals surface area (Å²) in [6.45, 7) is 2.06. The molecule has 6 heteroatoms. The molecule has 1 aromatic heterocycles. The van der Waals surface area contributed by atoms with Crippen LogP contribution in [0.4, 0.5) is 10.2 Å². The lowest BCUT2D eigenvalue weighted by Crippen LogP contribution is -2.06. The molecule has 0 aliphatic carbocycles. The summed E-state index contributed by atoms with van der Waals surface area (Å²) in [5.41, 5.74) is 9.08. The van der Waals surface area contributed by atoms with Gasteiger partial charge in [-0.2, -0.15) is 5.26 Å². The Balaban J connectivity index is 1.76. The number of nitriles is 1. The highest BCUT2D eigenvalue weighted by Gasteiger charge is 2.18. The van der Waals surface area contributed by atoms with Crippen LogP contribution >= 0.6 is 0 Å². The van der Waals surface area contributed by atoms with Crippen LogP contribution in [0, 0.1) is 24.1 Å². The van der Waals surface area contributed by atoms with Gasteiger partial charge in [0.15, 0.2) is 5.78 Å². The normalized spacial score (nSPS) is 10.5. The molecular weight excluding hydrogens is 417 g/mol. The third-order valence-corrected chi connectivity index (χ3v) is 5.17. The first-order valence-corrected chi connectivity index (χ1v) is 10.2. The summed E-state index contributed by atoms with van der Waals surface area (Å²) in [5.74, 6) is -0.474. The number of hydrogen-bond acceptors (Lipinski definition) is 5. The molecule has 0 radical (unpaired) electrons. The van der Waals surface area contributed by atoms with Crippen LogP contribution in [0.25, 0.3) is 11.3 Å². The Hall–Kier alpha value is -4.50. The van der Waals surface area contributed by atoms with Crippen molar-refractivity contribution in [1.29, 1.82) is 5.26 Å². The van der Waals surface area contributed by atoms with Crippen molar-refractivity contribution < 1.29 is 13.9 Å². The average molecular weight is 437 g/mol. The summed E-state index contributed by atoms with van der Waals surface area (Å²) in [5, 5.41) is 9.16. The molecule has 4 aromatic rings. The summed E-state index contributed by atoms with van der Waals surface area (Å²) < 4.78 is 20.5. The van der Waals surface area contributed by atoms with Gasteiger partial charge in [-0.15, -0.1) is 0 Å². The van der Waals surface area contributed by atoms with E-state index in [9.17, 15) is 9.18 Å². The number of ether oxygens (including phenoxy) is 1. The molecule has 162 valence electrons. The summed E-state index contributed by atoms with van der Waals surface area (Å²) in [4.78, 5) is 17.4. The lowest BCUT2D eigenvalue weighted by Gasteiger charge is -2.14. The van der Waals surface area contributed by atoms with Crippen LogP contribution in [0.1, 0.15) is 32.6 Å². The SMILES string of the molecule is Cc1ccc(C(=O)c2ccc(OCc3ccccc3)c(-c3ccc(C#N)c(N)n3)c2)c(F)c1. The molecule has 3 aromatic carbocycles. The van der Waals surface area contributed by atoms with Gasteiger partial charge in [0.1, 0.15) is 30.1 Å². The second-order valence-electron chi connectivity index (χ2n) is 7.54. The van der Waals surface area contributed by atoms with Gasteiger partial charge in [-0.1, -0.05) is 36.4 Å². The Morgan fingerprint density at radius 3 is 2.55 bits per heavy atom. The summed E-state index contributed by atoms with van der Waals surface area (Å²) in [6.07, 6.45) is 0. The number of benzene rings is 3. The second kappa shape index (κ2) is 9.33. The van der Waals surface area contributed by atoms with Crippen molar-refractivity contribution in [2.75, 3.05) is 5.73 Å². The number of nitrogens with two attached hydrogens (primary N) is 1. The van der Waals surface area contributed by atoms with Crippen LogP contribution < -0.4 is 10.5 Å². The van der Waals surface area contributed by atoms with Crippen LogP contribution in [0.5, 0.6) is 5.75 Å². The Labute approximate surface area is 190 Å². The topological polar surface area (TPSA) is 89.0 Å². The van der Waals surface area contributed by atoms with Crippen molar-refractivity contribution in [3.05, 3.63) is 112 Å². The summed E-state index contributed by atoms with van der Waals surface area (Å²) in [6, 6.07) is 24.2. The maximum absolute atomic E-state index is 14.4. The number of aromatic nitrogens is 1. The minimum atomic E-state index is -0.577. The average Bonchev–Trinajstić information content (AvgIpc) is 2.83. The Morgan fingerprint density at radius 2 is 1.85 bits per heavy atom. The third kappa shape index (κ3) is 4.73. The lowest BCUT2D eigenvalue weighted by molar-refractivity contribution is 0.103. The van der Waals surface area contributed by atoms with E-state index in [0.29, 0.717) is 23.6 Å². The molecule has 0 aliphatic rings. The molecule has 0 aliphatic heterocycles. The van der Waals surface area contributed by atoms with E-state index in [-0.39, 0.29) is 22.5 Å². The third-order valence-electron chi connectivity index (χ3n) is 5.17. The van der Waals surface area contributed by atoms with Gasteiger partial charge in [-0.3, -0.25) is 4.79 Å². The fraction of sp³-hybridized carbons (Fsp3) is 0.0741. The van der Waals surface area contributed by atoms with Gasteiger partial charge in [0.05, 0.1) is 16.8 Å². The van der Waals surface area contributed by atoms with Crippen molar-refractivity contribution in [3.8, 4) is 23.1 Å². The molecule has 0 bridgehead atoms. The van der Waals surface area contributed by atoms with E-state index in [0.717, 1.165) is 11.1 Å². The molecule has 5 nitrogen and oxygen atoms in total. The standard InChI is InChI=1S/C27H20FN3O2/c1-17-7-10-21(23(28)13-17)26(32)19-9-12-25(33-16-18-5-3-2-4-6-18)22(14-19)24-11-8-20(15-29)27(30)31-24/h2-14H,16H2,1H3,(H2,30,31). The Bertz CT molecular complexity index is 1380. The summed E-state index contributed by atoms with van der Waals surface area (Å²) in [7, 11) is 0. The van der Waals surface area contributed by atoms with E-state index in [1.54, 1.807) is 43.3 Å². The maximum atomic E-state index is 14.4. The van der Waals surface area contributed by atoms with E-state index in [2.05, 4.69) is 4.98 Å². The van der Waals surface area contributed by atoms with E-state index in [1.165, 1.54) is 12.1 Å². The van der Waals surface area contributed by atoms with E-state index < -0.39 is 11.6 Å². The number of rotatable bonds is 6. The highest BCUT2D eigenvalue weighted by Crippen LogP contribution is 2.32. The maximum Gasteiger partial charge on any atom is 0.195 e. The van der Waals surface area contributed by atoms with E-state index >= 15 is 0 Å². The molecule has 33 heavy (non-hydrogen) atoms. The van der Waals surface area contributed by atoms with Crippen LogP contribution in [0.2, 0.25) is 0 Å². The van der Waals surface area contributed by atoms with Crippen molar-refractivity contribution in [2.45, 2.75) is 13.5 Å². The lowest BCUT2D eigenvalue weighted by atomic mass is 9.98. The minimum Gasteiger partial charge on any atom is -0.488 e. The van der Waals surface area contributed by atoms with Crippen molar-refractivity contribution >= 4 is 11.6 Å². The molecule has 0 spiro atoms. The zero-order chi connectivity index (χ0) is 23.4. The number of ketones is 1. The van der Waals surface area contributed by atoms with Crippen LogP contribution in [-0.2, 0) is 6.61 Å². The van der Waals surface area contributed by atoms with Gasteiger partial charge < -0.3 is 10.5 Å². The molecule has 0 unspecified atom stereocenters. The number of halogens is 1. The van der Waals surface area contributed by atoms with E-state index in [4.69, 9.17) is 15.7 Å². The predicted molar refractivity (Wildman–Crippen MR) is 124 cm³/mol. The van der Waals surface area contributed by atoms with Gasteiger partial charge in [0.2, 0.25) is 0 Å². The molecule has 0 saturated heterocycles. The fourth-order valence-electron chi connectivity index (χ4n) is 3.41. The van der Waals surface area contributed by atoms with Crippen molar-refractivity contribution in [2.24, 2.45) is 0 Å². The molecular formula is C27H20FN3O2. The number of anilines is 1.